The van der Waals surface area contributed by atoms with Crippen molar-refractivity contribution in [1.82, 2.24) is 0 Å². The summed E-state index contributed by atoms with van der Waals surface area (Å²) in [5, 5.41) is 0. The van der Waals surface area contributed by atoms with Crippen molar-refractivity contribution in [2.45, 2.75) is 12.8 Å². The molecular formula is C11H13O2. The van der Waals surface area contributed by atoms with E-state index in [-0.39, 0.29) is 0 Å². The van der Waals surface area contributed by atoms with Gasteiger partial charge in [0.05, 0.1) is 14.2 Å². The Morgan fingerprint density at radius 2 is 1.69 bits per heavy atom. The first-order chi connectivity index (χ1) is 6.35. The molecule has 0 N–H and O–H groups in total. The Hall–Kier alpha value is -1.18. The summed E-state index contributed by atoms with van der Waals surface area (Å²) < 4.78 is 10.4. The van der Waals surface area contributed by atoms with E-state index < -0.39 is 0 Å². The van der Waals surface area contributed by atoms with Gasteiger partial charge in [-0.2, -0.15) is 0 Å². The molecular weight excluding hydrogens is 164 g/mol. The average Bonchev–Trinajstić information content (AvgIpc) is 3.00. The molecule has 0 unspecified atom stereocenters. The summed E-state index contributed by atoms with van der Waals surface area (Å²) in [5.41, 5.74) is 1.29. The SMILES string of the molecule is COc1ccc([C]2CC2)cc1OC. The third kappa shape index (κ3) is 1.62. The molecule has 0 aromatic heterocycles. The van der Waals surface area contributed by atoms with Gasteiger partial charge in [-0.25, -0.2) is 0 Å². The van der Waals surface area contributed by atoms with Crippen molar-refractivity contribution in [3.63, 3.8) is 0 Å². The first-order valence-corrected chi connectivity index (χ1v) is 4.42. The van der Waals surface area contributed by atoms with Gasteiger partial charge in [-0.15, -0.1) is 0 Å². The van der Waals surface area contributed by atoms with E-state index in [9.17, 15) is 0 Å². The predicted molar refractivity (Wildman–Crippen MR) is 51.1 cm³/mol. The number of rotatable bonds is 3. The lowest BCUT2D eigenvalue weighted by atomic mass is 10.1. The van der Waals surface area contributed by atoms with Gasteiger partial charge < -0.3 is 9.47 Å². The van der Waals surface area contributed by atoms with Crippen LogP contribution in [0, 0.1) is 5.92 Å². The molecule has 1 fully saturated rings. The Bertz CT molecular complexity index is 303. The molecule has 0 atom stereocenters. The Balaban J connectivity index is 2.31. The molecule has 0 heterocycles. The third-order valence-corrected chi connectivity index (χ3v) is 2.29. The van der Waals surface area contributed by atoms with Gasteiger partial charge in [0.25, 0.3) is 0 Å². The lowest BCUT2D eigenvalue weighted by Crippen LogP contribution is -1.91. The fraction of sp³-hybridized carbons (Fsp3) is 0.364. The van der Waals surface area contributed by atoms with Gasteiger partial charge in [-0.3, -0.25) is 0 Å². The van der Waals surface area contributed by atoms with Gasteiger partial charge in [0, 0.05) is 5.92 Å². The lowest BCUT2D eigenvalue weighted by molar-refractivity contribution is 0.354. The van der Waals surface area contributed by atoms with Crippen LogP contribution in [0.25, 0.3) is 0 Å². The number of hydrogen-bond donors (Lipinski definition) is 0. The van der Waals surface area contributed by atoms with Crippen molar-refractivity contribution < 1.29 is 9.47 Å². The van der Waals surface area contributed by atoms with Crippen LogP contribution in [-0.2, 0) is 0 Å². The van der Waals surface area contributed by atoms with E-state index in [2.05, 4.69) is 6.07 Å². The zero-order chi connectivity index (χ0) is 9.26. The van der Waals surface area contributed by atoms with Crippen molar-refractivity contribution >= 4 is 0 Å². The Morgan fingerprint density at radius 3 is 2.23 bits per heavy atom. The second kappa shape index (κ2) is 3.29. The maximum absolute atomic E-state index is 5.22. The third-order valence-electron chi connectivity index (χ3n) is 2.29. The van der Waals surface area contributed by atoms with Crippen LogP contribution >= 0.6 is 0 Å². The Kier molecular flexibility index (Phi) is 2.13. The highest BCUT2D eigenvalue weighted by Gasteiger charge is 2.25. The van der Waals surface area contributed by atoms with E-state index in [4.69, 9.17) is 9.47 Å². The summed E-state index contributed by atoms with van der Waals surface area (Å²) in [6.07, 6.45) is 2.46. The van der Waals surface area contributed by atoms with Crippen molar-refractivity contribution in [3.8, 4) is 11.5 Å². The summed E-state index contributed by atoms with van der Waals surface area (Å²) >= 11 is 0. The van der Waals surface area contributed by atoms with E-state index >= 15 is 0 Å². The summed E-state index contributed by atoms with van der Waals surface area (Å²) in [7, 11) is 3.32. The van der Waals surface area contributed by atoms with Gasteiger partial charge in [0.2, 0.25) is 0 Å². The molecule has 1 saturated carbocycles. The molecule has 1 aromatic rings. The number of methoxy groups -OCH3 is 2. The highest BCUT2D eigenvalue weighted by atomic mass is 16.5. The van der Waals surface area contributed by atoms with Crippen LogP contribution in [0.4, 0.5) is 0 Å². The molecule has 1 aliphatic carbocycles. The topological polar surface area (TPSA) is 18.5 Å². The quantitative estimate of drug-likeness (QED) is 0.706. The van der Waals surface area contributed by atoms with Gasteiger partial charge >= 0.3 is 0 Å². The second-order valence-electron chi connectivity index (χ2n) is 3.17. The van der Waals surface area contributed by atoms with Crippen molar-refractivity contribution in [3.05, 3.63) is 29.7 Å². The molecule has 69 valence electrons. The summed E-state index contributed by atoms with van der Waals surface area (Å²) in [6, 6.07) is 6.09. The van der Waals surface area contributed by atoms with Crippen LogP contribution < -0.4 is 9.47 Å². The number of benzene rings is 1. The molecule has 1 aromatic carbocycles. The van der Waals surface area contributed by atoms with Gasteiger partial charge in [-0.05, 0) is 30.5 Å². The lowest BCUT2D eigenvalue weighted by Gasteiger charge is -2.08. The fourth-order valence-electron chi connectivity index (χ4n) is 1.41. The smallest absolute Gasteiger partial charge is 0.161 e. The molecule has 1 aliphatic rings. The van der Waals surface area contributed by atoms with Crippen LogP contribution in [-0.4, -0.2) is 14.2 Å². The molecule has 2 nitrogen and oxygen atoms in total. The number of ether oxygens (including phenoxy) is 2. The standard InChI is InChI=1S/C11H13O2/c1-12-10-6-5-9(8-3-4-8)7-11(10)13-2/h5-7H,3-4H2,1-2H3. The summed E-state index contributed by atoms with van der Waals surface area (Å²) in [6.45, 7) is 0. The summed E-state index contributed by atoms with van der Waals surface area (Å²) in [5.74, 6) is 3.13. The minimum atomic E-state index is 0.799. The zero-order valence-electron chi connectivity index (χ0n) is 7.96. The maximum Gasteiger partial charge on any atom is 0.161 e. The summed E-state index contributed by atoms with van der Waals surface area (Å²) in [4.78, 5) is 0. The minimum absolute atomic E-state index is 0.799. The molecule has 0 saturated heterocycles. The Morgan fingerprint density at radius 1 is 1.00 bits per heavy atom. The fourth-order valence-corrected chi connectivity index (χ4v) is 1.41. The molecule has 0 aliphatic heterocycles. The predicted octanol–water partition coefficient (Wildman–Crippen LogP) is 2.42. The molecule has 0 amide bonds. The molecule has 0 spiro atoms. The minimum Gasteiger partial charge on any atom is -0.493 e. The van der Waals surface area contributed by atoms with Gasteiger partial charge in [-0.1, -0.05) is 6.07 Å². The van der Waals surface area contributed by atoms with Crippen molar-refractivity contribution in [1.29, 1.82) is 0 Å². The first-order valence-electron chi connectivity index (χ1n) is 4.42. The second-order valence-corrected chi connectivity index (χ2v) is 3.17. The van der Waals surface area contributed by atoms with Crippen molar-refractivity contribution in [2.75, 3.05) is 14.2 Å². The van der Waals surface area contributed by atoms with E-state index in [1.807, 2.05) is 12.1 Å². The highest BCUT2D eigenvalue weighted by molar-refractivity contribution is 5.49. The van der Waals surface area contributed by atoms with Crippen LogP contribution in [0.2, 0.25) is 0 Å². The van der Waals surface area contributed by atoms with Crippen LogP contribution in [0.3, 0.4) is 0 Å². The van der Waals surface area contributed by atoms with Crippen molar-refractivity contribution in [2.24, 2.45) is 0 Å². The van der Waals surface area contributed by atoms with Crippen LogP contribution in [0.15, 0.2) is 18.2 Å². The number of hydrogen-bond acceptors (Lipinski definition) is 2. The average molecular weight is 177 g/mol. The van der Waals surface area contributed by atoms with Crippen LogP contribution in [0.5, 0.6) is 11.5 Å². The molecule has 0 bridgehead atoms. The molecule has 13 heavy (non-hydrogen) atoms. The first kappa shape index (κ1) is 8.42. The van der Waals surface area contributed by atoms with Crippen LogP contribution in [0.1, 0.15) is 18.4 Å². The van der Waals surface area contributed by atoms with E-state index in [1.165, 1.54) is 24.3 Å². The Labute approximate surface area is 78.5 Å². The normalized spacial score (nSPS) is 15.5. The zero-order valence-corrected chi connectivity index (χ0v) is 7.96. The molecule has 1 radical (unpaired) electrons. The van der Waals surface area contributed by atoms with E-state index in [1.54, 1.807) is 14.2 Å². The molecule has 2 rings (SSSR count). The highest BCUT2D eigenvalue weighted by Crippen LogP contribution is 2.41. The monoisotopic (exact) mass is 177 g/mol. The van der Waals surface area contributed by atoms with E-state index in [0.29, 0.717) is 0 Å². The van der Waals surface area contributed by atoms with E-state index in [0.717, 1.165) is 11.5 Å². The van der Waals surface area contributed by atoms with Gasteiger partial charge in [0.1, 0.15) is 0 Å². The van der Waals surface area contributed by atoms with Gasteiger partial charge in [0.15, 0.2) is 11.5 Å². The molecule has 2 heteroatoms. The maximum atomic E-state index is 5.22. The largest absolute Gasteiger partial charge is 0.493 e.